The highest BCUT2D eigenvalue weighted by Gasteiger charge is 2.48. The van der Waals surface area contributed by atoms with Crippen LogP contribution in [0.15, 0.2) is 57.8 Å². The van der Waals surface area contributed by atoms with Crippen molar-refractivity contribution in [1.29, 1.82) is 0 Å². The number of carbonyl (C=O) groups is 2. The molecule has 182 valence electrons. The molecule has 3 aromatic rings. The maximum absolute atomic E-state index is 13.4. The quantitative estimate of drug-likeness (QED) is 0.369. The van der Waals surface area contributed by atoms with E-state index in [1.807, 2.05) is 11.8 Å². The van der Waals surface area contributed by atoms with Gasteiger partial charge in [-0.1, -0.05) is 0 Å². The summed E-state index contributed by atoms with van der Waals surface area (Å²) in [6.45, 7) is 2.59. The lowest BCUT2D eigenvalue weighted by Gasteiger charge is -2.25. The van der Waals surface area contributed by atoms with Crippen molar-refractivity contribution in [2.24, 2.45) is 0 Å². The zero-order valence-electron chi connectivity index (χ0n) is 19.6. The summed E-state index contributed by atoms with van der Waals surface area (Å²) in [7, 11) is 1.58. The molecule has 1 N–H and O–H groups in total. The van der Waals surface area contributed by atoms with Gasteiger partial charge in [0.1, 0.15) is 11.5 Å². The summed E-state index contributed by atoms with van der Waals surface area (Å²) in [5.41, 5.74) is 1.02. The van der Waals surface area contributed by atoms with Crippen molar-refractivity contribution in [2.45, 2.75) is 44.8 Å². The predicted molar refractivity (Wildman–Crippen MR) is 124 cm³/mol. The molecule has 1 aliphatic carbocycles. The monoisotopic (exact) mass is 479 g/mol. The van der Waals surface area contributed by atoms with Gasteiger partial charge in [0.2, 0.25) is 11.6 Å². The first-order valence-electron chi connectivity index (χ1n) is 11.6. The molecule has 2 heterocycles. The topological polar surface area (TPSA) is 109 Å². The molecule has 10 heteroatoms. The summed E-state index contributed by atoms with van der Waals surface area (Å²) in [6.07, 6.45) is 1.86. The minimum Gasteiger partial charge on any atom is -0.497 e. The number of nitrogens with zero attached hydrogens (tertiary/aromatic N) is 3. The molecular weight excluding hydrogens is 452 g/mol. The van der Waals surface area contributed by atoms with Crippen molar-refractivity contribution < 1.29 is 28.3 Å². The lowest BCUT2D eigenvalue weighted by atomic mass is 10.2. The molecule has 2 fully saturated rings. The van der Waals surface area contributed by atoms with Crippen LogP contribution < -0.4 is 24.7 Å². The van der Waals surface area contributed by atoms with Crippen LogP contribution in [0.3, 0.4) is 0 Å². The molecule has 0 bridgehead atoms. The highest BCUT2D eigenvalue weighted by atomic mass is 16.5. The second-order valence-corrected chi connectivity index (χ2v) is 8.58. The number of nitrogens with one attached hydrogen (secondary N) is 1. The Morgan fingerprint density at radius 2 is 1.74 bits per heavy atom. The van der Waals surface area contributed by atoms with Crippen molar-refractivity contribution in [3.63, 3.8) is 0 Å². The van der Waals surface area contributed by atoms with Crippen molar-refractivity contribution in [3.8, 4) is 17.2 Å². The maximum Gasteiger partial charge on any atom is 0.431 e. The molecular formula is C25H27N4O6+. The van der Waals surface area contributed by atoms with Gasteiger partial charge in [0.15, 0.2) is 0 Å². The molecule has 10 nitrogen and oxygen atoms in total. The molecule has 1 unspecified atom stereocenters. The van der Waals surface area contributed by atoms with E-state index in [1.54, 1.807) is 60.3 Å². The van der Waals surface area contributed by atoms with Crippen LogP contribution in [0.4, 0.5) is 5.69 Å². The third-order valence-electron chi connectivity index (χ3n) is 6.34. The van der Waals surface area contributed by atoms with Crippen molar-refractivity contribution in [3.05, 3.63) is 64.6 Å². The normalized spacial score (nSPS) is 17.9. The Kier molecular flexibility index (Phi) is 6.12. The number of methoxy groups -OCH3 is 1. The molecule has 2 aliphatic rings. The van der Waals surface area contributed by atoms with Crippen LogP contribution in [0, 0.1) is 0 Å². The number of hydrogen-bond donors (Lipinski definition) is 1. The van der Waals surface area contributed by atoms with E-state index in [1.165, 1.54) is 4.90 Å². The lowest BCUT2D eigenvalue weighted by molar-refractivity contribution is -0.678. The molecule has 1 saturated carbocycles. The first-order valence-corrected chi connectivity index (χ1v) is 11.6. The summed E-state index contributed by atoms with van der Waals surface area (Å²) in [5, 5.41) is 2.64. The van der Waals surface area contributed by atoms with Gasteiger partial charge in [0.05, 0.1) is 38.4 Å². The number of hydrogen-bond acceptors (Lipinski definition) is 7. The fourth-order valence-electron chi connectivity index (χ4n) is 4.44. The number of amides is 2. The van der Waals surface area contributed by atoms with Crippen LogP contribution in [0.2, 0.25) is 0 Å². The number of carbonyl (C=O) groups excluding carboxylic acids is 2. The number of H-pyrrole nitrogens is 1. The summed E-state index contributed by atoms with van der Waals surface area (Å²) >= 11 is 0. The van der Waals surface area contributed by atoms with Gasteiger partial charge in [-0.25, -0.2) is 9.69 Å². The average Bonchev–Trinajstić information content (AvgIpc) is 3.59. The van der Waals surface area contributed by atoms with E-state index in [2.05, 4.69) is 5.27 Å². The van der Waals surface area contributed by atoms with E-state index in [0.717, 1.165) is 12.8 Å². The summed E-state index contributed by atoms with van der Waals surface area (Å²) in [5.74, 6) is 0.806. The van der Waals surface area contributed by atoms with Crippen molar-refractivity contribution in [2.75, 3.05) is 18.6 Å². The molecule has 0 radical (unpaired) electrons. The minimum absolute atomic E-state index is 0.0564. The molecule has 1 saturated heterocycles. The van der Waals surface area contributed by atoms with Gasteiger partial charge < -0.3 is 9.47 Å². The Balaban J connectivity index is 1.40. The zero-order chi connectivity index (χ0) is 24.5. The Hall–Kier alpha value is -3.92. The van der Waals surface area contributed by atoms with Gasteiger partial charge in [-0.05, 0) is 66.1 Å². The Labute approximate surface area is 201 Å². The number of aromatic amines is 1. The molecule has 1 aliphatic heterocycles. The first kappa shape index (κ1) is 22.9. The number of aromatic nitrogens is 2. The fourth-order valence-corrected chi connectivity index (χ4v) is 4.44. The number of benzene rings is 2. The highest BCUT2D eigenvalue weighted by Crippen LogP contribution is 2.35. The van der Waals surface area contributed by atoms with Crippen LogP contribution in [-0.4, -0.2) is 47.8 Å². The maximum atomic E-state index is 13.4. The van der Waals surface area contributed by atoms with Crippen LogP contribution in [0.5, 0.6) is 11.5 Å². The van der Waals surface area contributed by atoms with Gasteiger partial charge in [-0.15, -0.1) is 0 Å². The Morgan fingerprint density at radius 3 is 2.37 bits per heavy atom. The molecule has 1 aromatic heterocycles. The molecule has 2 aromatic carbocycles. The average molecular weight is 480 g/mol. The third kappa shape index (κ3) is 4.44. The van der Waals surface area contributed by atoms with E-state index in [0.29, 0.717) is 35.2 Å². The second kappa shape index (κ2) is 9.38. The van der Waals surface area contributed by atoms with E-state index in [9.17, 15) is 14.4 Å². The van der Waals surface area contributed by atoms with Gasteiger partial charge in [0.25, 0.3) is 5.91 Å². The van der Waals surface area contributed by atoms with Crippen molar-refractivity contribution >= 4 is 17.5 Å². The highest BCUT2D eigenvalue weighted by molar-refractivity contribution is 6.22. The Bertz CT molecular complexity index is 1280. The largest absolute Gasteiger partial charge is 0.497 e. The van der Waals surface area contributed by atoms with E-state index in [-0.39, 0.29) is 30.8 Å². The van der Waals surface area contributed by atoms with E-state index >= 15 is 0 Å². The van der Waals surface area contributed by atoms with Crippen molar-refractivity contribution in [1.82, 2.24) is 10.2 Å². The van der Waals surface area contributed by atoms with Gasteiger partial charge in [-0.2, -0.15) is 0 Å². The number of ether oxygens (including phenoxy) is 2. The fraction of sp³-hybridized carbons (Fsp3) is 0.360. The molecule has 35 heavy (non-hydrogen) atoms. The smallest absolute Gasteiger partial charge is 0.431 e. The standard InChI is InChI=1S/C25H26N4O6/c1-3-34-20-12-6-17(7-13-20)28-23(30)14-21(24(28)31)27(16-4-5-16)15-22-25(32)35-26-29(22)18-8-10-19(33-2)11-9-18/h6-13,16,21H,3-5,14-15H2,1-2H3/p+1. The van der Waals surface area contributed by atoms with Crippen LogP contribution >= 0.6 is 0 Å². The van der Waals surface area contributed by atoms with E-state index in [4.69, 9.17) is 14.0 Å². The second-order valence-electron chi connectivity index (χ2n) is 8.58. The van der Waals surface area contributed by atoms with Gasteiger partial charge >= 0.3 is 11.3 Å². The van der Waals surface area contributed by atoms with Gasteiger partial charge in [0, 0.05) is 18.2 Å². The minimum atomic E-state index is -0.653. The molecule has 2 amide bonds. The lowest BCUT2D eigenvalue weighted by Crippen LogP contribution is -2.47. The zero-order valence-corrected chi connectivity index (χ0v) is 19.6. The molecule has 0 spiro atoms. The van der Waals surface area contributed by atoms with Crippen LogP contribution in [-0.2, 0) is 16.1 Å². The van der Waals surface area contributed by atoms with E-state index < -0.39 is 11.7 Å². The summed E-state index contributed by atoms with van der Waals surface area (Å²) in [4.78, 5) is 42.1. The van der Waals surface area contributed by atoms with Crippen LogP contribution in [0.25, 0.3) is 5.69 Å². The molecule has 1 atom stereocenters. The summed E-state index contributed by atoms with van der Waals surface area (Å²) < 4.78 is 17.3. The molecule has 5 rings (SSSR count). The SMILES string of the molecule is CCOc1ccc(N2C(=O)CC(N(Cc3c(=O)o[nH][n+]3-c3ccc(OC)cc3)C3CC3)C2=O)cc1. The van der Waals surface area contributed by atoms with Gasteiger partial charge in [-0.3, -0.25) is 19.0 Å². The summed E-state index contributed by atoms with van der Waals surface area (Å²) in [6, 6.07) is 13.5. The predicted octanol–water partition coefficient (Wildman–Crippen LogP) is 1.95. The first-order chi connectivity index (χ1) is 17.0. The number of imide groups is 1. The third-order valence-corrected chi connectivity index (χ3v) is 6.34. The number of rotatable bonds is 9. The Morgan fingerprint density at radius 1 is 1.06 bits per heavy atom. The number of anilines is 1. The van der Waals surface area contributed by atoms with Crippen LogP contribution in [0.1, 0.15) is 31.9 Å².